The molecule has 0 saturated heterocycles. The van der Waals surface area contributed by atoms with Crippen molar-refractivity contribution in [2.24, 2.45) is 0 Å². The van der Waals surface area contributed by atoms with Gasteiger partial charge in [0.15, 0.2) is 5.82 Å². The fraction of sp³-hybridized carbons (Fsp3) is 0.130. The van der Waals surface area contributed by atoms with E-state index in [-0.39, 0.29) is 11.4 Å². The number of aromatic nitrogens is 3. The van der Waals surface area contributed by atoms with Gasteiger partial charge in [0.25, 0.3) is 0 Å². The summed E-state index contributed by atoms with van der Waals surface area (Å²) in [5.74, 6) is 0.671. The van der Waals surface area contributed by atoms with Crippen molar-refractivity contribution in [2.75, 3.05) is 6.54 Å². The minimum absolute atomic E-state index is 0.268. The van der Waals surface area contributed by atoms with Gasteiger partial charge in [0.05, 0.1) is 10.6 Å². The SMILES string of the molecule is Cc1ccc(-c2nc3scc(CCNS(=O)(=O)c4ccc5ccccc5c4)n3n2)cc1. The number of fused-ring (bicyclic) bond motifs is 2. The molecule has 2 aromatic heterocycles. The van der Waals surface area contributed by atoms with Crippen molar-refractivity contribution in [1.29, 1.82) is 0 Å². The van der Waals surface area contributed by atoms with Crippen LogP contribution in [0.1, 0.15) is 11.3 Å². The van der Waals surface area contributed by atoms with E-state index < -0.39 is 10.0 Å². The topological polar surface area (TPSA) is 76.4 Å². The van der Waals surface area contributed by atoms with Crippen molar-refractivity contribution in [3.05, 3.63) is 83.4 Å². The molecule has 0 amide bonds. The summed E-state index contributed by atoms with van der Waals surface area (Å²) in [6.07, 6.45) is 0.517. The highest BCUT2D eigenvalue weighted by atomic mass is 32.2. The Kier molecular flexibility index (Phi) is 5.05. The minimum atomic E-state index is -3.59. The second kappa shape index (κ2) is 7.88. The number of hydrogen-bond donors (Lipinski definition) is 1. The van der Waals surface area contributed by atoms with Gasteiger partial charge in [0.2, 0.25) is 15.0 Å². The normalized spacial score (nSPS) is 12.0. The smallest absolute Gasteiger partial charge is 0.211 e. The van der Waals surface area contributed by atoms with Crippen LogP contribution in [0.15, 0.2) is 77.0 Å². The van der Waals surface area contributed by atoms with Crippen molar-refractivity contribution in [2.45, 2.75) is 18.2 Å². The Labute approximate surface area is 184 Å². The maximum atomic E-state index is 12.7. The minimum Gasteiger partial charge on any atom is -0.211 e. The quantitative estimate of drug-likeness (QED) is 0.417. The second-order valence-corrected chi connectivity index (χ2v) is 9.98. The van der Waals surface area contributed by atoms with Crippen molar-refractivity contribution < 1.29 is 8.42 Å². The lowest BCUT2D eigenvalue weighted by atomic mass is 10.1. The van der Waals surface area contributed by atoms with Crippen LogP contribution in [0.2, 0.25) is 0 Å². The van der Waals surface area contributed by atoms with Gasteiger partial charge < -0.3 is 0 Å². The maximum absolute atomic E-state index is 12.7. The van der Waals surface area contributed by atoms with E-state index in [1.54, 1.807) is 16.6 Å². The molecule has 0 radical (unpaired) electrons. The van der Waals surface area contributed by atoms with Gasteiger partial charge in [-0.1, -0.05) is 60.2 Å². The summed E-state index contributed by atoms with van der Waals surface area (Å²) < 4.78 is 30.0. The van der Waals surface area contributed by atoms with Crippen LogP contribution in [0.25, 0.3) is 27.1 Å². The van der Waals surface area contributed by atoms with Gasteiger partial charge in [-0.3, -0.25) is 0 Å². The van der Waals surface area contributed by atoms with Crippen LogP contribution in [-0.2, 0) is 16.4 Å². The first-order valence-corrected chi connectivity index (χ1v) is 12.2. The lowest BCUT2D eigenvalue weighted by molar-refractivity contribution is 0.581. The van der Waals surface area contributed by atoms with Crippen LogP contribution in [0, 0.1) is 6.92 Å². The van der Waals surface area contributed by atoms with Gasteiger partial charge in [-0.25, -0.2) is 17.7 Å². The first-order valence-electron chi connectivity index (χ1n) is 9.88. The van der Waals surface area contributed by atoms with E-state index in [1.807, 2.05) is 66.9 Å². The van der Waals surface area contributed by atoms with Crippen LogP contribution in [0.4, 0.5) is 0 Å². The Morgan fingerprint density at radius 3 is 2.58 bits per heavy atom. The molecule has 1 N–H and O–H groups in total. The van der Waals surface area contributed by atoms with Crippen LogP contribution in [0.5, 0.6) is 0 Å². The maximum Gasteiger partial charge on any atom is 0.240 e. The lowest BCUT2D eigenvalue weighted by Crippen LogP contribution is -2.26. The van der Waals surface area contributed by atoms with Gasteiger partial charge >= 0.3 is 0 Å². The van der Waals surface area contributed by atoms with E-state index in [2.05, 4.69) is 14.8 Å². The van der Waals surface area contributed by atoms with Gasteiger partial charge in [-0.05, 0) is 29.8 Å². The van der Waals surface area contributed by atoms with Crippen molar-refractivity contribution >= 4 is 37.1 Å². The molecule has 0 aliphatic heterocycles. The third kappa shape index (κ3) is 3.97. The molecule has 0 atom stereocenters. The molecule has 0 aliphatic carbocycles. The predicted octanol–water partition coefficient (Wildman–Crippen LogP) is 4.44. The standard InChI is InChI=1S/C23H20N4O2S2/c1-16-6-8-18(9-7-16)22-25-23-27(26-22)20(15-30-23)12-13-24-31(28,29)21-11-10-17-4-2-3-5-19(17)14-21/h2-11,14-15,24H,12-13H2,1H3. The number of benzene rings is 3. The van der Waals surface area contributed by atoms with Gasteiger partial charge in [0, 0.05) is 23.9 Å². The highest BCUT2D eigenvalue weighted by Crippen LogP contribution is 2.22. The summed E-state index contributed by atoms with van der Waals surface area (Å²) in [5.41, 5.74) is 3.07. The summed E-state index contributed by atoms with van der Waals surface area (Å²) >= 11 is 1.50. The average molecular weight is 449 g/mol. The fourth-order valence-electron chi connectivity index (χ4n) is 3.45. The van der Waals surface area contributed by atoms with E-state index in [1.165, 1.54) is 16.9 Å². The number of rotatable bonds is 6. The molecule has 31 heavy (non-hydrogen) atoms. The van der Waals surface area contributed by atoms with Gasteiger partial charge in [0.1, 0.15) is 0 Å². The molecule has 5 aromatic rings. The molecule has 0 unspecified atom stereocenters. The second-order valence-electron chi connectivity index (χ2n) is 7.38. The number of aryl methyl sites for hydroxylation is 1. The average Bonchev–Trinajstić information content (AvgIpc) is 3.35. The third-order valence-electron chi connectivity index (χ3n) is 5.16. The summed E-state index contributed by atoms with van der Waals surface area (Å²) in [6.45, 7) is 2.32. The highest BCUT2D eigenvalue weighted by molar-refractivity contribution is 7.89. The van der Waals surface area contributed by atoms with E-state index in [4.69, 9.17) is 0 Å². The molecule has 0 spiro atoms. The van der Waals surface area contributed by atoms with Crippen LogP contribution in [0.3, 0.4) is 0 Å². The summed E-state index contributed by atoms with van der Waals surface area (Å²) in [5, 5.41) is 8.50. The largest absolute Gasteiger partial charge is 0.240 e. The molecule has 6 nitrogen and oxygen atoms in total. The van der Waals surface area contributed by atoms with E-state index >= 15 is 0 Å². The molecule has 0 bridgehead atoms. The Balaban J connectivity index is 1.31. The first kappa shape index (κ1) is 19.9. The predicted molar refractivity (Wildman–Crippen MR) is 124 cm³/mol. The van der Waals surface area contributed by atoms with E-state index in [9.17, 15) is 8.42 Å². The highest BCUT2D eigenvalue weighted by Gasteiger charge is 2.16. The van der Waals surface area contributed by atoms with Crippen LogP contribution >= 0.6 is 11.3 Å². The van der Waals surface area contributed by atoms with Crippen molar-refractivity contribution in [1.82, 2.24) is 19.3 Å². The number of nitrogens with one attached hydrogen (secondary N) is 1. The summed E-state index contributed by atoms with van der Waals surface area (Å²) in [4.78, 5) is 5.66. The number of hydrogen-bond acceptors (Lipinski definition) is 5. The Bertz CT molecular complexity index is 1490. The monoisotopic (exact) mass is 448 g/mol. The molecule has 0 aliphatic rings. The molecular weight excluding hydrogens is 428 g/mol. The molecule has 3 aromatic carbocycles. The number of sulfonamides is 1. The van der Waals surface area contributed by atoms with Crippen LogP contribution < -0.4 is 4.72 Å². The summed E-state index contributed by atoms with van der Waals surface area (Å²) in [7, 11) is -3.59. The Morgan fingerprint density at radius 2 is 1.77 bits per heavy atom. The zero-order valence-electron chi connectivity index (χ0n) is 16.8. The molecule has 0 fully saturated rings. The Morgan fingerprint density at radius 1 is 1.00 bits per heavy atom. The molecular formula is C23H20N4O2S2. The zero-order chi connectivity index (χ0) is 21.4. The third-order valence-corrected chi connectivity index (χ3v) is 7.49. The fourth-order valence-corrected chi connectivity index (χ4v) is 5.38. The molecule has 5 rings (SSSR count). The van der Waals surface area contributed by atoms with Crippen LogP contribution in [-0.4, -0.2) is 29.6 Å². The molecule has 2 heterocycles. The van der Waals surface area contributed by atoms with E-state index in [0.717, 1.165) is 27.0 Å². The van der Waals surface area contributed by atoms with E-state index in [0.29, 0.717) is 12.2 Å². The molecule has 156 valence electrons. The number of thiazole rings is 1. The lowest BCUT2D eigenvalue weighted by Gasteiger charge is -2.07. The Hall–Kier alpha value is -3.07. The molecule has 8 heteroatoms. The first-order chi connectivity index (χ1) is 15.0. The van der Waals surface area contributed by atoms with Crippen molar-refractivity contribution in [3.8, 4) is 11.4 Å². The number of nitrogens with zero attached hydrogens (tertiary/aromatic N) is 3. The van der Waals surface area contributed by atoms with Crippen molar-refractivity contribution in [3.63, 3.8) is 0 Å². The van der Waals surface area contributed by atoms with Gasteiger partial charge in [-0.2, -0.15) is 4.98 Å². The zero-order valence-corrected chi connectivity index (χ0v) is 18.5. The van der Waals surface area contributed by atoms with Gasteiger partial charge in [-0.15, -0.1) is 16.4 Å². The summed E-state index contributed by atoms with van der Waals surface area (Å²) in [6, 6.07) is 21.0. The molecule has 0 saturated carbocycles.